The van der Waals surface area contributed by atoms with E-state index in [0.29, 0.717) is 24.7 Å². The van der Waals surface area contributed by atoms with Crippen LogP contribution in [0, 0.1) is 5.92 Å². The molecule has 0 aromatic heterocycles. The molecule has 0 saturated carbocycles. The van der Waals surface area contributed by atoms with Crippen molar-refractivity contribution in [1.82, 2.24) is 10.2 Å². The maximum atomic E-state index is 12.4. The maximum Gasteiger partial charge on any atom is 0.410 e. The number of carbonyl (C=O) groups excluding carboxylic acids is 3. The number of rotatable bonds is 7. The van der Waals surface area contributed by atoms with Gasteiger partial charge in [0.25, 0.3) is 0 Å². The third-order valence-electron chi connectivity index (χ3n) is 6.01. The Balaban J connectivity index is 1.58. The minimum atomic E-state index is -0.631. The Bertz CT molecular complexity index is 969. The molecule has 1 aromatic rings. The van der Waals surface area contributed by atoms with Gasteiger partial charge in [0.1, 0.15) is 18.0 Å². The average Bonchev–Trinajstić information content (AvgIpc) is 2.87. The van der Waals surface area contributed by atoms with E-state index in [0.717, 1.165) is 31.5 Å². The molecule has 1 N–H and O–H groups in total. The summed E-state index contributed by atoms with van der Waals surface area (Å²) in [7, 11) is 2.53. The molecule has 0 bridgehead atoms. The Morgan fingerprint density at radius 3 is 2.42 bits per heavy atom. The molecule has 198 valence electrons. The van der Waals surface area contributed by atoms with Crippen LogP contribution in [0.2, 0.25) is 0 Å². The van der Waals surface area contributed by atoms with Crippen LogP contribution in [0.1, 0.15) is 39.2 Å². The van der Waals surface area contributed by atoms with Crippen LogP contribution in [-0.2, 0) is 35.1 Å². The number of esters is 2. The third-order valence-corrected chi connectivity index (χ3v) is 6.01. The summed E-state index contributed by atoms with van der Waals surface area (Å²) in [5, 5.41) is 3.48. The second-order valence-electron chi connectivity index (χ2n) is 9.95. The van der Waals surface area contributed by atoms with Gasteiger partial charge < -0.3 is 34.1 Å². The van der Waals surface area contributed by atoms with Crippen LogP contribution in [0.25, 0.3) is 0 Å². The Hall–Kier alpha value is -3.11. The molecule has 0 spiro atoms. The van der Waals surface area contributed by atoms with Crippen molar-refractivity contribution in [3.05, 3.63) is 41.1 Å². The van der Waals surface area contributed by atoms with E-state index in [4.69, 9.17) is 18.9 Å². The molecule has 10 heteroatoms. The Kier molecular flexibility index (Phi) is 9.33. The fourth-order valence-corrected chi connectivity index (χ4v) is 4.29. The topological polar surface area (TPSA) is 107 Å². The van der Waals surface area contributed by atoms with Gasteiger partial charge in [0.05, 0.1) is 26.4 Å². The first-order valence-electron chi connectivity index (χ1n) is 12.2. The van der Waals surface area contributed by atoms with E-state index in [1.165, 1.54) is 14.2 Å². The molecule has 1 fully saturated rings. The highest BCUT2D eigenvalue weighted by molar-refractivity contribution is 6.03. The standard InChI is InChI=1S/C26H37N3O7/c1-26(2,3)36-25(32)28-12-6-7-19(15-28)14-27-13-18-8-10-20(11-9-18)29-17-35-16-21(23(30)33-4)22(29)24(31)34-5/h8-11,19,27H,6-7,12-17H2,1-5H3. The zero-order valence-corrected chi connectivity index (χ0v) is 21.8. The van der Waals surface area contributed by atoms with E-state index in [9.17, 15) is 14.4 Å². The number of nitrogens with zero attached hydrogens (tertiary/aromatic N) is 2. The number of piperidine rings is 1. The summed E-state index contributed by atoms with van der Waals surface area (Å²) in [5.74, 6) is -0.897. The second kappa shape index (κ2) is 12.2. The molecule has 0 aliphatic carbocycles. The van der Waals surface area contributed by atoms with E-state index >= 15 is 0 Å². The van der Waals surface area contributed by atoms with Gasteiger partial charge in [0, 0.05) is 25.3 Å². The lowest BCUT2D eigenvalue weighted by Gasteiger charge is -2.34. The number of ether oxygens (including phenoxy) is 4. The molecule has 1 saturated heterocycles. The highest BCUT2D eigenvalue weighted by Crippen LogP contribution is 2.27. The fourth-order valence-electron chi connectivity index (χ4n) is 4.29. The van der Waals surface area contributed by atoms with Crippen LogP contribution in [-0.4, -0.2) is 75.7 Å². The van der Waals surface area contributed by atoms with Crippen LogP contribution in [0.5, 0.6) is 0 Å². The molecule has 1 atom stereocenters. The van der Waals surface area contributed by atoms with Crippen molar-refractivity contribution in [3.8, 4) is 0 Å². The number of hydrogen-bond donors (Lipinski definition) is 1. The largest absolute Gasteiger partial charge is 0.466 e. The van der Waals surface area contributed by atoms with Gasteiger partial charge >= 0.3 is 18.0 Å². The van der Waals surface area contributed by atoms with Crippen molar-refractivity contribution in [1.29, 1.82) is 0 Å². The maximum absolute atomic E-state index is 12.4. The lowest BCUT2D eigenvalue weighted by molar-refractivity contribution is -0.140. The Labute approximate surface area is 212 Å². The number of nitrogens with one attached hydrogen (secondary N) is 1. The number of hydrogen-bond acceptors (Lipinski definition) is 9. The lowest BCUT2D eigenvalue weighted by Crippen LogP contribution is -2.45. The number of methoxy groups -OCH3 is 2. The SMILES string of the molecule is COC(=O)C1=C(C(=O)OC)N(c2ccc(CNCC3CCCN(C(=O)OC(C)(C)C)C3)cc2)COC1. The molecule has 2 aliphatic heterocycles. The van der Waals surface area contributed by atoms with Crippen molar-refractivity contribution in [2.75, 3.05) is 52.1 Å². The van der Waals surface area contributed by atoms with Crippen molar-refractivity contribution in [2.24, 2.45) is 5.92 Å². The summed E-state index contributed by atoms with van der Waals surface area (Å²) >= 11 is 0. The fraction of sp³-hybridized carbons (Fsp3) is 0.577. The van der Waals surface area contributed by atoms with Crippen molar-refractivity contribution < 1.29 is 33.3 Å². The zero-order chi connectivity index (χ0) is 26.3. The van der Waals surface area contributed by atoms with Gasteiger partial charge in [-0.1, -0.05) is 12.1 Å². The number of amides is 1. The van der Waals surface area contributed by atoms with Gasteiger partial charge in [-0.2, -0.15) is 0 Å². The molecule has 1 unspecified atom stereocenters. The lowest BCUT2D eigenvalue weighted by atomic mass is 9.98. The van der Waals surface area contributed by atoms with Gasteiger partial charge in [-0.15, -0.1) is 0 Å². The number of benzene rings is 1. The summed E-state index contributed by atoms with van der Waals surface area (Å²) in [6.45, 7) is 8.58. The van der Waals surface area contributed by atoms with Crippen molar-refractivity contribution in [3.63, 3.8) is 0 Å². The predicted octanol–water partition coefficient (Wildman–Crippen LogP) is 2.82. The highest BCUT2D eigenvalue weighted by atomic mass is 16.6. The Morgan fingerprint density at radius 2 is 1.78 bits per heavy atom. The first kappa shape index (κ1) is 27.5. The summed E-state index contributed by atoms with van der Waals surface area (Å²) in [4.78, 5) is 40.4. The van der Waals surface area contributed by atoms with Crippen molar-refractivity contribution >= 4 is 23.7 Å². The molecule has 10 nitrogen and oxygen atoms in total. The second-order valence-corrected chi connectivity index (χ2v) is 9.95. The molecule has 2 heterocycles. The van der Waals surface area contributed by atoms with E-state index in [2.05, 4.69) is 5.32 Å². The van der Waals surface area contributed by atoms with Gasteiger partial charge in [-0.3, -0.25) is 0 Å². The van der Waals surface area contributed by atoms with E-state index < -0.39 is 17.5 Å². The quantitative estimate of drug-likeness (QED) is 0.444. The van der Waals surface area contributed by atoms with Crippen LogP contribution in [0.3, 0.4) is 0 Å². The molecule has 1 amide bonds. The average molecular weight is 504 g/mol. The molecule has 0 radical (unpaired) electrons. The molecule has 2 aliphatic rings. The van der Waals surface area contributed by atoms with Gasteiger partial charge in [0.15, 0.2) is 0 Å². The zero-order valence-electron chi connectivity index (χ0n) is 21.8. The molecular formula is C26H37N3O7. The minimum Gasteiger partial charge on any atom is -0.466 e. The third kappa shape index (κ3) is 7.20. The summed E-state index contributed by atoms with van der Waals surface area (Å²) in [6.07, 6.45) is 1.77. The summed E-state index contributed by atoms with van der Waals surface area (Å²) in [5.41, 5.74) is 1.50. The van der Waals surface area contributed by atoms with Crippen LogP contribution in [0.4, 0.5) is 10.5 Å². The predicted molar refractivity (Wildman–Crippen MR) is 133 cm³/mol. The van der Waals surface area contributed by atoms with Crippen LogP contribution in [0.15, 0.2) is 35.5 Å². The van der Waals surface area contributed by atoms with E-state index in [1.54, 1.807) is 9.80 Å². The normalized spacial score (nSPS) is 18.6. The highest BCUT2D eigenvalue weighted by Gasteiger charge is 2.32. The Morgan fingerprint density at radius 1 is 1.08 bits per heavy atom. The van der Waals surface area contributed by atoms with Crippen molar-refractivity contribution in [2.45, 2.75) is 45.8 Å². The monoisotopic (exact) mass is 503 g/mol. The summed E-state index contributed by atoms with van der Waals surface area (Å²) in [6, 6.07) is 7.65. The van der Waals surface area contributed by atoms with E-state index in [-0.39, 0.29) is 30.7 Å². The first-order chi connectivity index (χ1) is 17.1. The smallest absolute Gasteiger partial charge is 0.410 e. The van der Waals surface area contributed by atoms with Gasteiger partial charge in [-0.25, -0.2) is 14.4 Å². The minimum absolute atomic E-state index is 0.0257. The molecule has 1 aromatic carbocycles. The van der Waals surface area contributed by atoms with Crippen LogP contribution < -0.4 is 10.2 Å². The molecule has 3 rings (SSSR count). The number of likely N-dealkylation sites (tertiary alicyclic amines) is 1. The van der Waals surface area contributed by atoms with Crippen LogP contribution >= 0.6 is 0 Å². The van der Waals surface area contributed by atoms with E-state index in [1.807, 2.05) is 45.0 Å². The molecular weight excluding hydrogens is 466 g/mol. The summed E-state index contributed by atoms with van der Waals surface area (Å²) < 4.78 is 20.7. The number of anilines is 1. The first-order valence-corrected chi connectivity index (χ1v) is 12.2. The number of carbonyl (C=O) groups is 3. The van der Waals surface area contributed by atoms with Gasteiger partial charge in [-0.05, 0) is 63.8 Å². The molecule has 36 heavy (non-hydrogen) atoms. The van der Waals surface area contributed by atoms with Gasteiger partial charge in [0.2, 0.25) is 0 Å².